The third-order valence-electron chi connectivity index (χ3n) is 8.37. The number of piperidine rings is 1. The first-order valence-electron chi connectivity index (χ1n) is 14.8. The number of carbonyl (C=O) groups excluding carboxylic acids is 1. The first kappa shape index (κ1) is 32.5. The van der Waals surface area contributed by atoms with Gasteiger partial charge in [-0.2, -0.15) is 18.2 Å². The van der Waals surface area contributed by atoms with E-state index in [9.17, 15) is 22.2 Å². The molecule has 1 aromatic heterocycles. The highest BCUT2D eigenvalue weighted by molar-refractivity contribution is 7.85. The van der Waals surface area contributed by atoms with Crippen LogP contribution in [-0.4, -0.2) is 70.6 Å². The lowest BCUT2D eigenvalue weighted by molar-refractivity contribution is -0.137. The lowest BCUT2D eigenvalue weighted by atomic mass is 9.97. The molecule has 45 heavy (non-hydrogen) atoms. The molecule has 3 unspecified atom stereocenters. The molecule has 2 fully saturated rings. The number of halogens is 3. The number of hydrogen-bond acceptors (Lipinski definition) is 8. The number of alkyl halides is 3. The molecule has 0 spiro atoms. The first-order chi connectivity index (χ1) is 21.4. The topological polar surface area (TPSA) is 112 Å². The van der Waals surface area contributed by atoms with Crippen LogP contribution < -0.4 is 25.0 Å². The average Bonchev–Trinajstić information content (AvgIpc) is 3.47. The van der Waals surface area contributed by atoms with Crippen LogP contribution >= 0.6 is 0 Å². The van der Waals surface area contributed by atoms with Crippen LogP contribution in [0, 0.1) is 6.92 Å². The SMILES string of the molecule is COc1cc(C(=O)NC2CCN3CCCC3C2)ccc1Nc1ncc(C(F)(F)F)c(NCc2ccc(C)cc2N(C)S(C)=O)n1. The van der Waals surface area contributed by atoms with Crippen molar-refractivity contribution >= 4 is 40.0 Å². The number of amides is 1. The standard InChI is InChI=1S/C31H38F3N7O3S/c1-19-7-8-21(26(14-19)40(2)45(4)43)17-35-28-24(31(32,33)34)18-36-30(39-28)38-25-10-9-20(15-27(25)44-3)29(42)37-22-11-13-41-12-5-6-23(41)16-22/h7-10,14-15,18,22-23H,5-6,11-13,16-17H2,1-4H3,(H,37,42)(H2,35,36,38,39). The maximum Gasteiger partial charge on any atom is 0.421 e. The summed E-state index contributed by atoms with van der Waals surface area (Å²) < 4.78 is 60.9. The van der Waals surface area contributed by atoms with Crippen LogP contribution in [0.1, 0.15) is 52.7 Å². The van der Waals surface area contributed by atoms with Gasteiger partial charge in [0.25, 0.3) is 5.91 Å². The molecule has 2 aliphatic heterocycles. The molecule has 3 aromatic rings. The minimum atomic E-state index is -4.71. The number of nitrogens with one attached hydrogen (secondary N) is 3. The third kappa shape index (κ3) is 7.67. The molecule has 5 rings (SSSR count). The highest BCUT2D eigenvalue weighted by atomic mass is 32.2. The van der Waals surface area contributed by atoms with E-state index in [1.54, 1.807) is 35.6 Å². The fourth-order valence-corrected chi connectivity index (χ4v) is 6.35. The van der Waals surface area contributed by atoms with Crippen molar-refractivity contribution in [1.82, 2.24) is 20.2 Å². The Balaban J connectivity index is 1.33. The van der Waals surface area contributed by atoms with E-state index in [0.29, 0.717) is 40.5 Å². The molecule has 14 heteroatoms. The Labute approximate surface area is 263 Å². The van der Waals surface area contributed by atoms with E-state index < -0.39 is 28.5 Å². The Bertz CT molecular complexity index is 1570. The molecule has 2 saturated heterocycles. The molecule has 2 aromatic carbocycles. The number of anilines is 4. The van der Waals surface area contributed by atoms with Crippen molar-refractivity contribution in [3.05, 3.63) is 64.8 Å². The highest BCUT2D eigenvalue weighted by Gasteiger charge is 2.36. The van der Waals surface area contributed by atoms with Gasteiger partial charge in [0.15, 0.2) is 0 Å². The Hall–Kier alpha value is -3.91. The molecule has 0 aliphatic carbocycles. The molecule has 3 atom stereocenters. The van der Waals surface area contributed by atoms with Gasteiger partial charge in [0.2, 0.25) is 5.95 Å². The molecule has 3 N–H and O–H groups in total. The summed E-state index contributed by atoms with van der Waals surface area (Å²) in [6.07, 6.45) is 1.73. The van der Waals surface area contributed by atoms with Gasteiger partial charge in [0.1, 0.15) is 28.1 Å². The number of aromatic nitrogens is 2. The minimum absolute atomic E-state index is 0.0103. The van der Waals surface area contributed by atoms with E-state index in [-0.39, 0.29) is 24.4 Å². The van der Waals surface area contributed by atoms with Crippen molar-refractivity contribution in [1.29, 1.82) is 0 Å². The summed E-state index contributed by atoms with van der Waals surface area (Å²) in [7, 11) is 1.77. The maximum absolute atomic E-state index is 13.9. The van der Waals surface area contributed by atoms with Crippen molar-refractivity contribution in [3.63, 3.8) is 0 Å². The highest BCUT2D eigenvalue weighted by Crippen LogP contribution is 2.36. The number of hydrogen-bond donors (Lipinski definition) is 3. The summed E-state index contributed by atoms with van der Waals surface area (Å²) in [5.41, 5.74) is 1.95. The number of ether oxygens (including phenoxy) is 1. The zero-order valence-corrected chi connectivity index (χ0v) is 26.5. The third-order valence-corrected chi connectivity index (χ3v) is 9.34. The number of nitrogens with zero attached hydrogens (tertiary/aromatic N) is 4. The summed E-state index contributed by atoms with van der Waals surface area (Å²) >= 11 is 0. The Morgan fingerprint density at radius 3 is 2.71 bits per heavy atom. The lowest BCUT2D eigenvalue weighted by Crippen LogP contribution is -2.47. The van der Waals surface area contributed by atoms with Gasteiger partial charge in [-0.25, -0.2) is 9.19 Å². The van der Waals surface area contributed by atoms with Crippen LogP contribution in [0.5, 0.6) is 5.75 Å². The maximum atomic E-state index is 13.9. The van der Waals surface area contributed by atoms with Crippen molar-refractivity contribution in [2.45, 2.75) is 57.4 Å². The molecule has 0 saturated carbocycles. The van der Waals surface area contributed by atoms with Crippen LogP contribution in [0.15, 0.2) is 42.6 Å². The summed E-state index contributed by atoms with van der Waals surface area (Å²) in [5, 5.41) is 8.87. The summed E-state index contributed by atoms with van der Waals surface area (Å²) in [6.45, 7) is 3.98. The first-order valence-corrected chi connectivity index (χ1v) is 16.3. The minimum Gasteiger partial charge on any atom is -0.495 e. The summed E-state index contributed by atoms with van der Waals surface area (Å²) in [4.78, 5) is 23.6. The quantitative estimate of drug-likeness (QED) is 0.274. The van der Waals surface area contributed by atoms with Gasteiger partial charge >= 0.3 is 6.18 Å². The van der Waals surface area contributed by atoms with Gasteiger partial charge in [-0.1, -0.05) is 12.1 Å². The predicted octanol–water partition coefficient (Wildman–Crippen LogP) is 5.25. The lowest BCUT2D eigenvalue weighted by Gasteiger charge is -2.35. The van der Waals surface area contributed by atoms with Crippen LogP contribution in [0.2, 0.25) is 0 Å². The van der Waals surface area contributed by atoms with E-state index in [2.05, 4.69) is 30.8 Å². The number of fused-ring (bicyclic) bond motifs is 1. The van der Waals surface area contributed by atoms with Gasteiger partial charge in [-0.3, -0.25) is 9.10 Å². The van der Waals surface area contributed by atoms with Crippen molar-refractivity contribution in [2.75, 3.05) is 48.4 Å². The molecular formula is C31H38F3N7O3S. The van der Waals surface area contributed by atoms with E-state index >= 15 is 0 Å². The van der Waals surface area contributed by atoms with Crippen LogP contribution in [0.3, 0.4) is 0 Å². The second kappa shape index (κ2) is 13.6. The molecule has 2 aliphatic rings. The normalized spacial score (nSPS) is 19.0. The molecule has 0 radical (unpaired) electrons. The van der Waals surface area contributed by atoms with Gasteiger partial charge < -0.3 is 25.6 Å². The van der Waals surface area contributed by atoms with Crippen molar-refractivity contribution < 1.29 is 26.9 Å². The molecule has 10 nitrogen and oxygen atoms in total. The van der Waals surface area contributed by atoms with E-state index in [1.807, 2.05) is 19.1 Å². The van der Waals surface area contributed by atoms with Crippen LogP contribution in [-0.2, 0) is 23.7 Å². The average molecular weight is 646 g/mol. The second-order valence-corrected chi connectivity index (χ2v) is 12.8. The van der Waals surface area contributed by atoms with E-state index in [0.717, 1.165) is 37.9 Å². The largest absolute Gasteiger partial charge is 0.495 e. The zero-order chi connectivity index (χ0) is 32.3. The van der Waals surface area contributed by atoms with Crippen LogP contribution in [0.25, 0.3) is 0 Å². The number of rotatable bonds is 10. The van der Waals surface area contributed by atoms with Gasteiger partial charge in [0, 0.05) is 50.2 Å². The fraction of sp³-hybridized carbons (Fsp3) is 0.452. The van der Waals surface area contributed by atoms with Gasteiger partial charge in [-0.05, 0) is 74.5 Å². The Morgan fingerprint density at radius 2 is 1.98 bits per heavy atom. The molecular weight excluding hydrogens is 607 g/mol. The van der Waals surface area contributed by atoms with Crippen molar-refractivity contribution in [2.24, 2.45) is 0 Å². The predicted molar refractivity (Wildman–Crippen MR) is 169 cm³/mol. The molecule has 3 heterocycles. The number of methoxy groups -OCH3 is 1. The fourth-order valence-electron chi connectivity index (χ4n) is 5.90. The van der Waals surface area contributed by atoms with Crippen LogP contribution in [0.4, 0.5) is 36.3 Å². The van der Waals surface area contributed by atoms with Gasteiger partial charge in [-0.15, -0.1) is 0 Å². The van der Waals surface area contributed by atoms with Crippen molar-refractivity contribution in [3.8, 4) is 5.75 Å². The smallest absolute Gasteiger partial charge is 0.421 e. The van der Waals surface area contributed by atoms with E-state index in [1.165, 1.54) is 19.8 Å². The van der Waals surface area contributed by atoms with E-state index in [4.69, 9.17) is 4.74 Å². The second-order valence-electron chi connectivity index (χ2n) is 11.4. The zero-order valence-electron chi connectivity index (χ0n) is 25.7. The molecule has 0 bridgehead atoms. The number of carbonyl (C=O) groups is 1. The monoisotopic (exact) mass is 645 g/mol. The Kier molecular flexibility index (Phi) is 9.82. The number of aryl methyl sites for hydroxylation is 1. The summed E-state index contributed by atoms with van der Waals surface area (Å²) in [5.74, 6) is -0.414. The molecule has 242 valence electrons. The number of benzene rings is 2. The molecule has 1 amide bonds. The summed E-state index contributed by atoms with van der Waals surface area (Å²) in [6, 6.07) is 10.9. The Morgan fingerprint density at radius 1 is 1.18 bits per heavy atom. The van der Waals surface area contributed by atoms with Gasteiger partial charge in [0.05, 0.1) is 18.5 Å².